The van der Waals surface area contributed by atoms with Gasteiger partial charge in [-0.3, -0.25) is 4.79 Å². The zero-order chi connectivity index (χ0) is 20.7. The Morgan fingerprint density at radius 3 is 1.97 bits per heavy atom. The molecular formula is C24H17F2N3O. The van der Waals surface area contributed by atoms with Gasteiger partial charge in [0.1, 0.15) is 11.6 Å². The Balaban J connectivity index is 1.72. The smallest absolute Gasteiger partial charge is 0.253 e. The summed E-state index contributed by atoms with van der Waals surface area (Å²) in [6.07, 6.45) is 0.701. The number of pyridine rings is 1. The highest BCUT2D eigenvalue weighted by Gasteiger charge is 2.21. The number of aromatic amines is 1. The van der Waals surface area contributed by atoms with Crippen LogP contribution in [0.15, 0.2) is 66.7 Å². The number of nitrogens with zero attached hydrogens (tertiary/aromatic N) is 1. The van der Waals surface area contributed by atoms with E-state index >= 15 is 0 Å². The number of fused-ring (bicyclic) bond motifs is 1. The molecule has 6 heteroatoms. The number of hydrogen-bond acceptors (Lipinski definition) is 2. The summed E-state index contributed by atoms with van der Waals surface area (Å²) in [6, 6.07) is 18.0. The number of amides is 1. The minimum Gasteiger partial charge on any atom is -0.358 e. The van der Waals surface area contributed by atoms with Crippen molar-refractivity contribution in [3.05, 3.63) is 89.6 Å². The molecule has 2 aromatic carbocycles. The maximum Gasteiger partial charge on any atom is 0.253 e. The van der Waals surface area contributed by atoms with E-state index in [1.54, 1.807) is 54.6 Å². The van der Waals surface area contributed by atoms with E-state index in [0.717, 1.165) is 5.69 Å². The zero-order valence-corrected chi connectivity index (χ0v) is 15.9. The van der Waals surface area contributed by atoms with Crippen molar-refractivity contribution in [1.82, 2.24) is 15.3 Å². The molecule has 0 bridgehead atoms. The fourth-order valence-electron chi connectivity index (χ4n) is 3.75. The van der Waals surface area contributed by atoms with Gasteiger partial charge >= 0.3 is 0 Å². The number of hydrogen-bond donors (Lipinski definition) is 2. The number of aromatic nitrogens is 2. The van der Waals surface area contributed by atoms with Gasteiger partial charge in [-0.05, 0) is 42.5 Å². The van der Waals surface area contributed by atoms with Crippen molar-refractivity contribution in [3.63, 3.8) is 0 Å². The highest BCUT2D eigenvalue weighted by molar-refractivity contribution is 5.98. The zero-order valence-electron chi connectivity index (χ0n) is 15.9. The molecule has 0 saturated carbocycles. The topological polar surface area (TPSA) is 57.8 Å². The molecule has 0 atom stereocenters. The van der Waals surface area contributed by atoms with Crippen LogP contribution < -0.4 is 5.32 Å². The fourth-order valence-corrected chi connectivity index (χ4v) is 3.75. The van der Waals surface area contributed by atoms with Gasteiger partial charge in [0.2, 0.25) is 0 Å². The number of rotatable bonds is 3. The molecule has 0 unspecified atom stereocenters. The molecule has 148 valence electrons. The Hall–Kier alpha value is -3.80. The van der Waals surface area contributed by atoms with Crippen molar-refractivity contribution in [2.24, 2.45) is 0 Å². The molecule has 1 aliphatic heterocycles. The van der Waals surface area contributed by atoms with Crippen molar-refractivity contribution in [2.75, 3.05) is 6.54 Å². The second-order valence-electron chi connectivity index (χ2n) is 7.17. The number of H-pyrrole nitrogens is 1. The molecule has 0 radical (unpaired) electrons. The van der Waals surface area contributed by atoms with Crippen LogP contribution in [0, 0.1) is 11.6 Å². The summed E-state index contributed by atoms with van der Waals surface area (Å²) < 4.78 is 29.0. The van der Waals surface area contributed by atoms with Crippen molar-refractivity contribution in [2.45, 2.75) is 6.42 Å². The van der Waals surface area contributed by atoms with Gasteiger partial charge in [0.15, 0.2) is 0 Å². The molecule has 5 rings (SSSR count). The molecule has 2 aromatic heterocycles. The minimum absolute atomic E-state index is 0.128. The largest absolute Gasteiger partial charge is 0.358 e. The Morgan fingerprint density at radius 2 is 1.40 bits per heavy atom. The number of carbonyl (C=O) groups excluding carboxylic acids is 1. The highest BCUT2D eigenvalue weighted by Crippen LogP contribution is 2.33. The van der Waals surface area contributed by atoms with Crippen LogP contribution in [0.25, 0.3) is 33.8 Å². The highest BCUT2D eigenvalue weighted by atomic mass is 19.1. The summed E-state index contributed by atoms with van der Waals surface area (Å²) in [5.41, 5.74) is 4.27. The third-order valence-electron chi connectivity index (χ3n) is 5.24. The monoisotopic (exact) mass is 401 g/mol. The van der Waals surface area contributed by atoms with Gasteiger partial charge in [0, 0.05) is 41.0 Å². The van der Waals surface area contributed by atoms with E-state index in [2.05, 4.69) is 15.3 Å². The quantitative estimate of drug-likeness (QED) is 0.509. The summed E-state index contributed by atoms with van der Waals surface area (Å²) in [7, 11) is 0. The summed E-state index contributed by atoms with van der Waals surface area (Å²) in [6.45, 7) is 0.573. The first kappa shape index (κ1) is 18.2. The van der Waals surface area contributed by atoms with Crippen LogP contribution in [0.3, 0.4) is 0 Å². The maximum absolute atomic E-state index is 14.5. The average Bonchev–Trinajstić information content (AvgIpc) is 3.20. The van der Waals surface area contributed by atoms with E-state index in [0.29, 0.717) is 52.3 Å². The standard InChI is InChI=1S/C24H17F2N3O/c25-18-7-3-1-5-15(18)22-11-14(12-23(29-22)16-6-2-4-8-19(16)26)21-13-17-20(28-21)9-10-27-24(17)30/h1-8,11-13,28H,9-10H2,(H,27,30). The molecule has 2 N–H and O–H groups in total. The van der Waals surface area contributed by atoms with Crippen molar-refractivity contribution in [3.8, 4) is 33.8 Å². The van der Waals surface area contributed by atoms with Gasteiger partial charge in [0.25, 0.3) is 5.91 Å². The van der Waals surface area contributed by atoms with E-state index in [9.17, 15) is 13.6 Å². The van der Waals surface area contributed by atoms with Gasteiger partial charge in [-0.25, -0.2) is 13.8 Å². The van der Waals surface area contributed by atoms with Gasteiger partial charge in [-0.1, -0.05) is 24.3 Å². The lowest BCUT2D eigenvalue weighted by molar-refractivity contribution is 0.0946. The van der Waals surface area contributed by atoms with Crippen LogP contribution in [0.2, 0.25) is 0 Å². The number of halogens is 2. The first-order valence-electron chi connectivity index (χ1n) is 9.62. The molecule has 30 heavy (non-hydrogen) atoms. The second-order valence-corrected chi connectivity index (χ2v) is 7.17. The van der Waals surface area contributed by atoms with E-state index in [-0.39, 0.29) is 5.91 Å². The molecule has 1 amide bonds. The lowest BCUT2D eigenvalue weighted by atomic mass is 10.0. The van der Waals surface area contributed by atoms with E-state index in [4.69, 9.17) is 0 Å². The molecule has 3 heterocycles. The molecular weight excluding hydrogens is 384 g/mol. The summed E-state index contributed by atoms with van der Waals surface area (Å²) in [4.78, 5) is 20.0. The summed E-state index contributed by atoms with van der Waals surface area (Å²) >= 11 is 0. The van der Waals surface area contributed by atoms with Gasteiger partial charge in [-0.2, -0.15) is 0 Å². The van der Waals surface area contributed by atoms with E-state index in [1.165, 1.54) is 12.1 Å². The summed E-state index contributed by atoms with van der Waals surface area (Å²) in [5.74, 6) is -0.949. The maximum atomic E-state index is 14.5. The number of nitrogens with one attached hydrogen (secondary N) is 2. The Bertz CT molecular complexity index is 1220. The lowest BCUT2D eigenvalue weighted by Gasteiger charge is -2.11. The van der Waals surface area contributed by atoms with Crippen LogP contribution in [0.5, 0.6) is 0 Å². The number of benzene rings is 2. The molecule has 1 aliphatic rings. The number of carbonyl (C=O) groups is 1. The van der Waals surface area contributed by atoms with Crippen LogP contribution in [0.1, 0.15) is 16.1 Å². The predicted molar refractivity (Wildman–Crippen MR) is 111 cm³/mol. The Morgan fingerprint density at radius 1 is 0.800 bits per heavy atom. The van der Waals surface area contributed by atoms with Crippen molar-refractivity contribution in [1.29, 1.82) is 0 Å². The normalized spacial score (nSPS) is 13.1. The van der Waals surface area contributed by atoms with Gasteiger partial charge < -0.3 is 10.3 Å². The molecule has 0 fully saturated rings. The molecule has 0 aliphatic carbocycles. The first-order chi connectivity index (χ1) is 14.6. The Kier molecular flexibility index (Phi) is 4.39. The summed E-state index contributed by atoms with van der Waals surface area (Å²) in [5, 5.41) is 2.82. The molecule has 4 nitrogen and oxygen atoms in total. The first-order valence-corrected chi connectivity index (χ1v) is 9.62. The van der Waals surface area contributed by atoms with E-state index < -0.39 is 11.6 Å². The van der Waals surface area contributed by atoms with Gasteiger partial charge in [0.05, 0.1) is 17.0 Å². The Labute approximate surface area is 171 Å². The van der Waals surface area contributed by atoms with Crippen LogP contribution in [-0.4, -0.2) is 22.4 Å². The van der Waals surface area contributed by atoms with Crippen LogP contribution in [-0.2, 0) is 6.42 Å². The van der Waals surface area contributed by atoms with E-state index in [1.807, 2.05) is 0 Å². The second kappa shape index (κ2) is 7.22. The average molecular weight is 401 g/mol. The minimum atomic E-state index is -0.410. The SMILES string of the molecule is O=C1NCCc2[nH]c(-c3cc(-c4ccccc4F)nc(-c4ccccc4F)c3)cc21. The van der Waals surface area contributed by atoms with Crippen LogP contribution in [0.4, 0.5) is 8.78 Å². The van der Waals surface area contributed by atoms with Crippen molar-refractivity contribution < 1.29 is 13.6 Å². The predicted octanol–water partition coefficient (Wildman–Crippen LogP) is 4.97. The lowest BCUT2D eigenvalue weighted by Crippen LogP contribution is -2.31. The van der Waals surface area contributed by atoms with Crippen molar-refractivity contribution >= 4 is 5.91 Å². The third kappa shape index (κ3) is 3.16. The third-order valence-corrected chi connectivity index (χ3v) is 5.24. The molecule has 0 saturated heterocycles. The molecule has 0 spiro atoms. The molecule has 4 aromatic rings. The van der Waals surface area contributed by atoms with Crippen LogP contribution >= 0.6 is 0 Å². The fraction of sp³-hybridized carbons (Fsp3) is 0.0833. The van der Waals surface area contributed by atoms with Gasteiger partial charge in [-0.15, -0.1) is 0 Å².